The number of carbonyl (C=O) groups excluding carboxylic acids is 1. The van der Waals surface area contributed by atoms with Gasteiger partial charge in [0.1, 0.15) is 11.7 Å². The molecule has 2 unspecified atom stereocenters. The quantitative estimate of drug-likeness (QED) is 0.650. The molecule has 7 heteroatoms. The van der Waals surface area contributed by atoms with Crippen LogP contribution in [-0.2, 0) is 11.8 Å². The summed E-state index contributed by atoms with van der Waals surface area (Å²) in [5, 5.41) is 2.83. The van der Waals surface area contributed by atoms with Crippen LogP contribution in [-0.4, -0.2) is 21.3 Å². The van der Waals surface area contributed by atoms with Crippen LogP contribution < -0.4 is 21.7 Å². The Morgan fingerprint density at radius 1 is 1.04 bits per heavy atom. The zero-order valence-electron chi connectivity index (χ0n) is 15.8. The number of benzene rings is 2. The van der Waals surface area contributed by atoms with Gasteiger partial charge < -0.3 is 5.32 Å². The molecule has 0 aliphatic carbocycles. The predicted molar refractivity (Wildman–Crippen MR) is 108 cm³/mol. The number of hydrazine groups is 1. The normalized spacial score (nSPS) is 18.9. The van der Waals surface area contributed by atoms with Crippen LogP contribution >= 0.6 is 0 Å². The van der Waals surface area contributed by atoms with Crippen molar-refractivity contribution in [3.8, 4) is 5.69 Å². The minimum absolute atomic E-state index is 0.0507. The van der Waals surface area contributed by atoms with Gasteiger partial charge in [-0.2, -0.15) is 0 Å². The highest BCUT2D eigenvalue weighted by Gasteiger charge is 2.31. The molecule has 1 aliphatic rings. The molecule has 4 rings (SSSR count). The molecule has 28 heavy (non-hydrogen) atoms. The van der Waals surface area contributed by atoms with E-state index in [1.165, 1.54) is 0 Å². The fraction of sp³-hybridized carbons (Fsp3) is 0.238. The molecule has 2 heterocycles. The standard InChI is InChI=1S/C21H23N5O2/c1-14-19(21(28)26(25(14)2)16-11-7-4-8-12-16)22-20(27)18-13-17(23-24-18)15-9-5-3-6-10-15/h3-12,17-18,23-24H,13H2,1-2H3,(H,22,27). The van der Waals surface area contributed by atoms with Gasteiger partial charge in [0, 0.05) is 13.1 Å². The Kier molecular flexibility index (Phi) is 4.85. The molecule has 1 aromatic heterocycles. The van der Waals surface area contributed by atoms with Crippen molar-refractivity contribution in [2.24, 2.45) is 7.05 Å². The van der Waals surface area contributed by atoms with Gasteiger partial charge in [-0.3, -0.25) is 14.3 Å². The second-order valence-corrected chi connectivity index (χ2v) is 6.97. The third-order valence-corrected chi connectivity index (χ3v) is 5.22. The molecule has 0 saturated carbocycles. The summed E-state index contributed by atoms with van der Waals surface area (Å²) in [6.45, 7) is 1.82. The highest BCUT2D eigenvalue weighted by molar-refractivity contribution is 5.95. The van der Waals surface area contributed by atoms with E-state index >= 15 is 0 Å². The SMILES string of the molecule is Cc1c(NC(=O)C2CC(c3ccccc3)NN2)c(=O)n(-c2ccccc2)n1C. The summed E-state index contributed by atoms with van der Waals surface area (Å²) in [6, 6.07) is 19.0. The molecule has 7 nitrogen and oxygen atoms in total. The first-order valence-corrected chi connectivity index (χ1v) is 9.27. The number of hydrogen-bond acceptors (Lipinski definition) is 4. The van der Waals surface area contributed by atoms with E-state index in [-0.39, 0.29) is 17.5 Å². The Morgan fingerprint density at radius 2 is 1.68 bits per heavy atom. The lowest BCUT2D eigenvalue weighted by atomic mass is 10.0. The van der Waals surface area contributed by atoms with Gasteiger partial charge >= 0.3 is 0 Å². The van der Waals surface area contributed by atoms with Crippen molar-refractivity contribution in [2.75, 3.05) is 5.32 Å². The van der Waals surface area contributed by atoms with Gasteiger partial charge in [-0.1, -0.05) is 48.5 Å². The maximum atomic E-state index is 12.9. The van der Waals surface area contributed by atoms with Crippen LogP contribution in [0.1, 0.15) is 23.7 Å². The number of nitrogens with one attached hydrogen (secondary N) is 3. The van der Waals surface area contributed by atoms with Crippen molar-refractivity contribution in [1.29, 1.82) is 0 Å². The fourth-order valence-corrected chi connectivity index (χ4v) is 3.55. The molecule has 2 aromatic carbocycles. The van der Waals surface area contributed by atoms with Crippen LogP contribution in [0.2, 0.25) is 0 Å². The number of nitrogens with zero attached hydrogens (tertiary/aromatic N) is 2. The molecule has 144 valence electrons. The summed E-state index contributed by atoms with van der Waals surface area (Å²) in [7, 11) is 1.81. The first-order valence-electron chi connectivity index (χ1n) is 9.27. The number of anilines is 1. The van der Waals surface area contributed by atoms with Gasteiger partial charge in [-0.25, -0.2) is 15.5 Å². The van der Waals surface area contributed by atoms with Crippen LogP contribution in [0.25, 0.3) is 5.69 Å². The topological polar surface area (TPSA) is 80.1 Å². The van der Waals surface area contributed by atoms with E-state index in [0.717, 1.165) is 11.3 Å². The smallest absolute Gasteiger partial charge is 0.295 e. The maximum absolute atomic E-state index is 12.9. The first-order chi connectivity index (χ1) is 13.6. The zero-order chi connectivity index (χ0) is 19.7. The number of aromatic nitrogens is 2. The van der Waals surface area contributed by atoms with Crippen LogP contribution in [0.15, 0.2) is 65.5 Å². The van der Waals surface area contributed by atoms with E-state index in [1.54, 1.807) is 16.4 Å². The molecule has 0 bridgehead atoms. The Morgan fingerprint density at radius 3 is 2.36 bits per heavy atom. The van der Waals surface area contributed by atoms with Crippen LogP contribution in [0.3, 0.4) is 0 Å². The molecule has 3 N–H and O–H groups in total. The summed E-state index contributed by atoms with van der Waals surface area (Å²) in [6.07, 6.45) is 0.606. The Hall–Kier alpha value is -3.16. The average molecular weight is 377 g/mol. The molecule has 0 radical (unpaired) electrons. The summed E-state index contributed by atoms with van der Waals surface area (Å²) in [4.78, 5) is 25.7. The molecule has 1 aliphatic heterocycles. The predicted octanol–water partition coefficient (Wildman–Crippen LogP) is 2.03. The molecule has 1 saturated heterocycles. The van der Waals surface area contributed by atoms with Gasteiger partial charge in [0.2, 0.25) is 5.91 Å². The largest absolute Gasteiger partial charge is 0.319 e. The second kappa shape index (κ2) is 7.46. The van der Waals surface area contributed by atoms with Crippen molar-refractivity contribution in [3.05, 3.63) is 82.3 Å². The molecule has 0 spiro atoms. The minimum atomic E-state index is -0.422. The minimum Gasteiger partial charge on any atom is -0.319 e. The maximum Gasteiger partial charge on any atom is 0.295 e. The van der Waals surface area contributed by atoms with E-state index < -0.39 is 6.04 Å². The molecule has 3 aromatic rings. The fourth-order valence-electron chi connectivity index (χ4n) is 3.55. The molecular weight excluding hydrogens is 354 g/mol. The van der Waals surface area contributed by atoms with Gasteiger partial charge in [0.05, 0.1) is 11.4 Å². The highest BCUT2D eigenvalue weighted by Crippen LogP contribution is 2.23. The Balaban J connectivity index is 1.54. The average Bonchev–Trinajstić information content (AvgIpc) is 3.30. The highest BCUT2D eigenvalue weighted by atomic mass is 16.2. The molecular formula is C21H23N5O2. The number of carbonyl (C=O) groups is 1. The molecule has 1 fully saturated rings. The summed E-state index contributed by atoms with van der Waals surface area (Å²) >= 11 is 0. The first kappa shape index (κ1) is 18.2. The van der Waals surface area contributed by atoms with E-state index in [9.17, 15) is 9.59 Å². The number of hydrogen-bond donors (Lipinski definition) is 3. The Bertz CT molecular complexity index is 1040. The van der Waals surface area contributed by atoms with E-state index in [2.05, 4.69) is 16.2 Å². The number of para-hydroxylation sites is 1. The lowest BCUT2D eigenvalue weighted by Crippen LogP contribution is -2.40. The number of rotatable bonds is 4. The zero-order valence-corrected chi connectivity index (χ0v) is 15.8. The third kappa shape index (κ3) is 3.26. The number of amides is 1. The van der Waals surface area contributed by atoms with Crippen LogP contribution in [0.4, 0.5) is 5.69 Å². The van der Waals surface area contributed by atoms with Crippen molar-refractivity contribution in [2.45, 2.75) is 25.4 Å². The van der Waals surface area contributed by atoms with Gasteiger partial charge in [-0.15, -0.1) is 0 Å². The van der Waals surface area contributed by atoms with E-state index in [0.29, 0.717) is 17.8 Å². The van der Waals surface area contributed by atoms with Gasteiger partial charge in [0.25, 0.3) is 5.56 Å². The molecule has 2 atom stereocenters. The van der Waals surface area contributed by atoms with Crippen molar-refractivity contribution in [3.63, 3.8) is 0 Å². The lowest BCUT2D eigenvalue weighted by molar-refractivity contribution is -0.117. The summed E-state index contributed by atoms with van der Waals surface area (Å²) < 4.78 is 3.30. The van der Waals surface area contributed by atoms with Crippen molar-refractivity contribution in [1.82, 2.24) is 20.2 Å². The summed E-state index contributed by atoms with van der Waals surface area (Å²) in [5.74, 6) is -0.225. The second-order valence-electron chi connectivity index (χ2n) is 6.97. The third-order valence-electron chi connectivity index (χ3n) is 5.22. The Labute approximate surface area is 162 Å². The molecule has 1 amide bonds. The van der Waals surface area contributed by atoms with E-state index in [4.69, 9.17) is 0 Å². The monoisotopic (exact) mass is 377 g/mol. The van der Waals surface area contributed by atoms with Crippen molar-refractivity contribution >= 4 is 11.6 Å². The van der Waals surface area contributed by atoms with E-state index in [1.807, 2.05) is 67.6 Å². The van der Waals surface area contributed by atoms with Crippen LogP contribution in [0, 0.1) is 6.92 Å². The van der Waals surface area contributed by atoms with Crippen LogP contribution in [0.5, 0.6) is 0 Å². The lowest BCUT2D eigenvalue weighted by Gasteiger charge is -2.10. The van der Waals surface area contributed by atoms with Crippen molar-refractivity contribution < 1.29 is 4.79 Å². The van der Waals surface area contributed by atoms with Gasteiger partial charge in [0.15, 0.2) is 0 Å². The van der Waals surface area contributed by atoms with Gasteiger partial charge in [-0.05, 0) is 31.0 Å². The summed E-state index contributed by atoms with van der Waals surface area (Å²) in [5.41, 5.74) is 8.84.